The number of hydrogen-bond donors (Lipinski definition) is 1. The molecule has 0 aliphatic rings. The van der Waals surface area contributed by atoms with Crippen molar-refractivity contribution >= 4 is 12.1 Å². The third-order valence-corrected chi connectivity index (χ3v) is 5.19. The largest absolute Gasteiger partial charge is 0.467 e. The highest BCUT2D eigenvalue weighted by atomic mass is 16.6. The first-order valence-electron chi connectivity index (χ1n) is 12.5. The van der Waals surface area contributed by atoms with Gasteiger partial charge in [-0.25, -0.2) is 9.59 Å². The Morgan fingerprint density at radius 2 is 1.29 bits per heavy atom. The van der Waals surface area contributed by atoms with Gasteiger partial charge in [0, 0.05) is 0 Å². The van der Waals surface area contributed by atoms with E-state index in [1.807, 2.05) is 0 Å². The normalized spacial score (nSPS) is 12.7. The zero-order valence-corrected chi connectivity index (χ0v) is 21.0. The Morgan fingerprint density at radius 3 is 1.77 bits per heavy atom. The average molecular weight is 440 g/mol. The van der Waals surface area contributed by atoms with Crippen LogP contribution in [0.2, 0.25) is 0 Å². The zero-order valence-electron chi connectivity index (χ0n) is 21.0. The zero-order chi connectivity index (χ0) is 23.4. The lowest BCUT2D eigenvalue weighted by Crippen LogP contribution is -2.43. The molecule has 0 aromatic heterocycles. The first kappa shape index (κ1) is 29.5. The van der Waals surface area contributed by atoms with Crippen LogP contribution in [0.5, 0.6) is 0 Å². The van der Waals surface area contributed by atoms with Gasteiger partial charge in [-0.3, -0.25) is 0 Å². The van der Waals surface area contributed by atoms with E-state index >= 15 is 0 Å². The molecule has 0 spiro atoms. The van der Waals surface area contributed by atoms with Crippen molar-refractivity contribution in [2.75, 3.05) is 7.11 Å². The Hall–Kier alpha value is -1.52. The van der Waals surface area contributed by atoms with Crippen molar-refractivity contribution in [3.05, 3.63) is 12.2 Å². The second-order valence-electron chi connectivity index (χ2n) is 9.45. The lowest BCUT2D eigenvalue weighted by atomic mass is 10.0. The molecule has 0 unspecified atom stereocenters. The summed E-state index contributed by atoms with van der Waals surface area (Å²) >= 11 is 0. The van der Waals surface area contributed by atoms with Crippen molar-refractivity contribution < 1.29 is 19.1 Å². The molecule has 0 aliphatic carbocycles. The van der Waals surface area contributed by atoms with E-state index in [1.54, 1.807) is 20.8 Å². The monoisotopic (exact) mass is 439 g/mol. The second kappa shape index (κ2) is 19.2. The molecule has 0 saturated heterocycles. The summed E-state index contributed by atoms with van der Waals surface area (Å²) in [6.45, 7) is 7.64. The molecule has 31 heavy (non-hydrogen) atoms. The molecule has 5 nitrogen and oxygen atoms in total. The fraction of sp³-hybridized carbons (Fsp3) is 0.846. The molecule has 1 amide bonds. The van der Waals surface area contributed by atoms with Crippen LogP contribution in [0.4, 0.5) is 4.79 Å². The number of rotatable bonds is 18. The number of carbonyl (C=O) groups excluding carboxylic acids is 2. The number of ether oxygens (including phenoxy) is 2. The molecule has 1 atom stereocenters. The van der Waals surface area contributed by atoms with Crippen molar-refractivity contribution in [3.8, 4) is 0 Å². The van der Waals surface area contributed by atoms with Gasteiger partial charge in [0.15, 0.2) is 0 Å². The van der Waals surface area contributed by atoms with Gasteiger partial charge in [-0.1, -0.05) is 89.7 Å². The highest BCUT2D eigenvalue weighted by Crippen LogP contribution is 2.13. The molecule has 0 rings (SSSR count). The molecule has 5 heteroatoms. The number of allylic oxidation sites excluding steroid dienone is 2. The topological polar surface area (TPSA) is 64.6 Å². The van der Waals surface area contributed by atoms with E-state index in [9.17, 15) is 9.59 Å². The predicted octanol–water partition coefficient (Wildman–Crippen LogP) is 7.48. The molecule has 0 fully saturated rings. The summed E-state index contributed by atoms with van der Waals surface area (Å²) in [4.78, 5) is 23.8. The maximum absolute atomic E-state index is 11.9. The van der Waals surface area contributed by atoms with Crippen molar-refractivity contribution in [1.82, 2.24) is 5.32 Å². The minimum atomic E-state index is -0.684. The number of hydrogen-bond acceptors (Lipinski definition) is 4. The van der Waals surface area contributed by atoms with Gasteiger partial charge in [-0.2, -0.15) is 0 Å². The molecular weight excluding hydrogens is 390 g/mol. The van der Waals surface area contributed by atoms with Crippen LogP contribution >= 0.6 is 0 Å². The third-order valence-electron chi connectivity index (χ3n) is 5.19. The Labute approximate surface area is 191 Å². The van der Waals surface area contributed by atoms with Crippen LogP contribution in [0, 0.1) is 0 Å². The third kappa shape index (κ3) is 20.2. The van der Waals surface area contributed by atoms with Gasteiger partial charge in [0.25, 0.3) is 0 Å². The molecule has 182 valence electrons. The molecule has 0 radical (unpaired) electrons. The van der Waals surface area contributed by atoms with Gasteiger partial charge in [0.2, 0.25) is 0 Å². The van der Waals surface area contributed by atoms with Gasteiger partial charge in [0.05, 0.1) is 7.11 Å². The molecule has 1 N–H and O–H groups in total. The summed E-state index contributed by atoms with van der Waals surface area (Å²) in [5, 5.41) is 2.61. The number of nitrogens with one attached hydrogen (secondary N) is 1. The summed E-state index contributed by atoms with van der Waals surface area (Å²) in [6.07, 6.45) is 22.3. The van der Waals surface area contributed by atoms with Crippen molar-refractivity contribution in [2.45, 2.75) is 136 Å². The van der Waals surface area contributed by atoms with Crippen LogP contribution in [0.25, 0.3) is 0 Å². The van der Waals surface area contributed by atoms with E-state index in [-0.39, 0.29) is 0 Å². The molecule has 0 aromatic rings. The summed E-state index contributed by atoms with van der Waals surface area (Å²) in [5.74, 6) is -0.444. The summed E-state index contributed by atoms with van der Waals surface area (Å²) < 4.78 is 10.0. The smallest absolute Gasteiger partial charge is 0.408 e. The number of esters is 1. The van der Waals surface area contributed by atoms with E-state index < -0.39 is 23.7 Å². The first-order chi connectivity index (χ1) is 14.8. The van der Waals surface area contributed by atoms with E-state index in [4.69, 9.17) is 9.47 Å². The Bertz CT molecular complexity index is 482. The molecule has 0 saturated carbocycles. The fourth-order valence-corrected chi connectivity index (χ4v) is 3.44. The SMILES string of the molecule is CCCCCCCCCCCCCC/C=C\CC[C@H](NC(=O)OC(C)(C)C)C(=O)OC. The lowest BCUT2D eigenvalue weighted by molar-refractivity contribution is -0.143. The quantitative estimate of drug-likeness (QED) is 0.137. The number of unbranched alkanes of at least 4 members (excludes halogenated alkanes) is 12. The van der Waals surface area contributed by atoms with Crippen molar-refractivity contribution in [1.29, 1.82) is 0 Å². The summed E-state index contributed by atoms with van der Waals surface area (Å²) in [5.41, 5.74) is -0.598. The van der Waals surface area contributed by atoms with Crippen LogP contribution in [0.1, 0.15) is 124 Å². The first-order valence-corrected chi connectivity index (χ1v) is 12.5. The standard InChI is InChI=1S/C26H49NO4/c1-6-7-8-9-10-11-12-13-14-15-16-17-18-19-20-21-22-23(24(28)30-5)27-25(29)31-26(2,3)4/h19-20,23H,6-18,21-22H2,1-5H3,(H,27,29)/b20-19-/t23-/m0/s1. The van der Waals surface area contributed by atoms with E-state index in [1.165, 1.54) is 84.2 Å². The predicted molar refractivity (Wildman–Crippen MR) is 129 cm³/mol. The lowest BCUT2D eigenvalue weighted by Gasteiger charge is -2.22. The van der Waals surface area contributed by atoms with E-state index in [0.717, 1.165) is 6.42 Å². The van der Waals surface area contributed by atoms with Crippen LogP contribution in [0.3, 0.4) is 0 Å². The van der Waals surface area contributed by atoms with Gasteiger partial charge in [0.1, 0.15) is 11.6 Å². The minimum Gasteiger partial charge on any atom is -0.467 e. The average Bonchev–Trinajstić information content (AvgIpc) is 2.70. The molecule has 0 bridgehead atoms. The highest BCUT2D eigenvalue weighted by Gasteiger charge is 2.24. The van der Waals surface area contributed by atoms with Crippen LogP contribution < -0.4 is 5.32 Å². The second-order valence-corrected chi connectivity index (χ2v) is 9.45. The van der Waals surface area contributed by atoms with Gasteiger partial charge < -0.3 is 14.8 Å². The summed E-state index contributed by atoms with van der Waals surface area (Å²) in [6, 6.07) is -0.684. The summed E-state index contributed by atoms with van der Waals surface area (Å²) in [7, 11) is 1.33. The Balaban J connectivity index is 3.75. The van der Waals surface area contributed by atoms with Crippen LogP contribution in [0.15, 0.2) is 12.2 Å². The van der Waals surface area contributed by atoms with Crippen LogP contribution in [-0.2, 0) is 14.3 Å². The maximum atomic E-state index is 11.9. The Morgan fingerprint density at radius 1 is 0.806 bits per heavy atom. The highest BCUT2D eigenvalue weighted by molar-refractivity contribution is 5.81. The number of alkyl carbamates (subject to hydrolysis) is 1. The number of carbonyl (C=O) groups is 2. The van der Waals surface area contributed by atoms with Crippen molar-refractivity contribution in [3.63, 3.8) is 0 Å². The molecular formula is C26H49NO4. The van der Waals surface area contributed by atoms with Gasteiger partial charge in [-0.05, 0) is 46.5 Å². The minimum absolute atomic E-state index is 0.444. The molecule has 0 aromatic carbocycles. The van der Waals surface area contributed by atoms with Gasteiger partial charge in [-0.15, -0.1) is 0 Å². The number of methoxy groups -OCH3 is 1. The van der Waals surface area contributed by atoms with Crippen LogP contribution in [-0.4, -0.2) is 30.8 Å². The van der Waals surface area contributed by atoms with Gasteiger partial charge >= 0.3 is 12.1 Å². The van der Waals surface area contributed by atoms with E-state index in [0.29, 0.717) is 12.8 Å². The van der Waals surface area contributed by atoms with E-state index in [2.05, 4.69) is 24.4 Å². The fourth-order valence-electron chi connectivity index (χ4n) is 3.44. The maximum Gasteiger partial charge on any atom is 0.408 e. The Kier molecular flexibility index (Phi) is 18.2. The van der Waals surface area contributed by atoms with Crippen molar-refractivity contribution in [2.24, 2.45) is 0 Å². The molecule has 0 heterocycles. The number of amides is 1. The molecule has 0 aliphatic heterocycles.